The van der Waals surface area contributed by atoms with Crippen LogP contribution < -0.4 is 10.6 Å². The molecule has 2 atom stereocenters. The van der Waals surface area contributed by atoms with Gasteiger partial charge in [0.15, 0.2) is 6.10 Å². The average Bonchev–Trinajstić information content (AvgIpc) is 2.72. The molecule has 2 N–H and O–H groups in total. The van der Waals surface area contributed by atoms with E-state index in [0.717, 1.165) is 0 Å². The Bertz CT molecular complexity index is 784. The van der Waals surface area contributed by atoms with Gasteiger partial charge >= 0.3 is 5.97 Å². The lowest BCUT2D eigenvalue weighted by molar-refractivity contribution is -0.155. The predicted octanol–water partition coefficient (Wildman–Crippen LogP) is 3.11. The Hall–Kier alpha value is -2.80. The van der Waals surface area contributed by atoms with Gasteiger partial charge in [-0.05, 0) is 49.6 Å². The van der Waals surface area contributed by atoms with E-state index in [1.807, 2.05) is 18.4 Å². The molecule has 0 aliphatic carbocycles. The Balaban J connectivity index is 1.97. The van der Waals surface area contributed by atoms with E-state index in [-0.39, 0.29) is 5.91 Å². The smallest absolute Gasteiger partial charge is 0.329 e. The van der Waals surface area contributed by atoms with Crippen LogP contribution in [0.4, 0.5) is 5.69 Å². The number of hydrogen-bond acceptors (Lipinski definition) is 5. The molecule has 0 spiro atoms. The van der Waals surface area contributed by atoms with Gasteiger partial charge in [0, 0.05) is 11.3 Å². The minimum absolute atomic E-state index is 0.356. The molecule has 2 rings (SSSR count). The predicted molar refractivity (Wildman–Crippen MR) is 111 cm³/mol. The third-order valence-corrected chi connectivity index (χ3v) is 4.58. The molecular formula is C21H24N2O4S. The van der Waals surface area contributed by atoms with E-state index in [2.05, 4.69) is 10.6 Å². The largest absolute Gasteiger partial charge is 0.451 e. The van der Waals surface area contributed by atoms with Gasteiger partial charge in [-0.25, -0.2) is 4.79 Å². The minimum Gasteiger partial charge on any atom is -0.451 e. The van der Waals surface area contributed by atoms with Crippen molar-refractivity contribution in [2.75, 3.05) is 17.3 Å². The number of thioether (sulfide) groups is 1. The van der Waals surface area contributed by atoms with Crippen molar-refractivity contribution in [2.24, 2.45) is 0 Å². The first-order chi connectivity index (χ1) is 13.5. The standard InChI is InChI=1S/C21H24N2O4S/c1-15(19(24)22-17-11-7-4-8-12-17)27-21(26)18(13-14-28-2)23-20(25)16-9-5-3-6-10-16/h3-12,15,18H,13-14H2,1-2H3,(H,22,24)(H,23,25)/t15-,18+/m0/s1. The van der Waals surface area contributed by atoms with E-state index in [1.165, 1.54) is 6.92 Å². The number of para-hydroxylation sites is 1. The monoisotopic (exact) mass is 400 g/mol. The van der Waals surface area contributed by atoms with Crippen LogP contribution >= 0.6 is 11.8 Å². The molecule has 148 valence electrons. The molecule has 0 aromatic heterocycles. The number of amides is 2. The highest BCUT2D eigenvalue weighted by molar-refractivity contribution is 7.98. The molecule has 0 heterocycles. The molecule has 2 aromatic carbocycles. The Labute approximate surface area is 169 Å². The second-order valence-electron chi connectivity index (χ2n) is 6.11. The lowest BCUT2D eigenvalue weighted by Crippen LogP contribution is -2.44. The first kappa shape index (κ1) is 21.5. The fraction of sp³-hybridized carbons (Fsp3) is 0.286. The van der Waals surface area contributed by atoms with Crippen LogP contribution in [-0.4, -0.2) is 41.9 Å². The summed E-state index contributed by atoms with van der Waals surface area (Å²) in [7, 11) is 0. The number of esters is 1. The highest BCUT2D eigenvalue weighted by Gasteiger charge is 2.26. The average molecular weight is 401 g/mol. The Morgan fingerprint density at radius 2 is 1.61 bits per heavy atom. The second-order valence-corrected chi connectivity index (χ2v) is 7.09. The maximum atomic E-state index is 12.6. The van der Waals surface area contributed by atoms with Gasteiger partial charge in [-0.15, -0.1) is 0 Å². The van der Waals surface area contributed by atoms with Gasteiger partial charge < -0.3 is 15.4 Å². The van der Waals surface area contributed by atoms with Crippen LogP contribution in [-0.2, 0) is 14.3 Å². The summed E-state index contributed by atoms with van der Waals surface area (Å²) in [6.45, 7) is 1.50. The Kier molecular flexibility index (Phi) is 8.55. The quantitative estimate of drug-likeness (QED) is 0.632. The van der Waals surface area contributed by atoms with Crippen LogP contribution in [0.3, 0.4) is 0 Å². The highest BCUT2D eigenvalue weighted by atomic mass is 32.2. The topological polar surface area (TPSA) is 84.5 Å². The van der Waals surface area contributed by atoms with Crippen LogP contribution in [0.1, 0.15) is 23.7 Å². The van der Waals surface area contributed by atoms with Crippen LogP contribution in [0.25, 0.3) is 0 Å². The summed E-state index contributed by atoms with van der Waals surface area (Å²) in [6.07, 6.45) is 1.33. The lowest BCUT2D eigenvalue weighted by atomic mass is 10.1. The summed E-state index contributed by atoms with van der Waals surface area (Å²) in [5.41, 5.74) is 1.08. The minimum atomic E-state index is -0.988. The van der Waals surface area contributed by atoms with Crippen molar-refractivity contribution in [1.29, 1.82) is 0 Å². The Morgan fingerprint density at radius 1 is 1.00 bits per heavy atom. The summed E-state index contributed by atoms with van der Waals surface area (Å²) >= 11 is 1.56. The van der Waals surface area contributed by atoms with Crippen molar-refractivity contribution in [3.05, 3.63) is 66.2 Å². The van der Waals surface area contributed by atoms with E-state index >= 15 is 0 Å². The van der Waals surface area contributed by atoms with Gasteiger partial charge in [-0.1, -0.05) is 36.4 Å². The molecule has 0 saturated heterocycles. The highest BCUT2D eigenvalue weighted by Crippen LogP contribution is 2.09. The molecule has 0 fully saturated rings. The molecule has 7 heteroatoms. The van der Waals surface area contributed by atoms with E-state index in [1.54, 1.807) is 60.3 Å². The number of hydrogen-bond donors (Lipinski definition) is 2. The fourth-order valence-electron chi connectivity index (χ4n) is 2.39. The molecule has 0 aliphatic heterocycles. The third-order valence-electron chi connectivity index (χ3n) is 3.94. The molecule has 0 aliphatic rings. The van der Waals surface area contributed by atoms with Crippen LogP contribution in [0.5, 0.6) is 0 Å². The number of carbonyl (C=O) groups excluding carboxylic acids is 3. The first-order valence-electron chi connectivity index (χ1n) is 8.92. The molecule has 6 nitrogen and oxygen atoms in total. The number of anilines is 1. The number of ether oxygens (including phenoxy) is 1. The normalized spacial score (nSPS) is 12.5. The number of nitrogens with one attached hydrogen (secondary N) is 2. The van der Waals surface area contributed by atoms with Crippen molar-refractivity contribution in [3.8, 4) is 0 Å². The van der Waals surface area contributed by atoms with E-state index in [9.17, 15) is 14.4 Å². The second kappa shape index (κ2) is 11.1. The van der Waals surface area contributed by atoms with Crippen LogP contribution in [0, 0.1) is 0 Å². The first-order valence-corrected chi connectivity index (χ1v) is 10.3. The maximum absolute atomic E-state index is 12.6. The van der Waals surface area contributed by atoms with E-state index in [0.29, 0.717) is 23.4 Å². The van der Waals surface area contributed by atoms with Gasteiger partial charge in [0.05, 0.1) is 0 Å². The molecule has 0 bridgehead atoms. The van der Waals surface area contributed by atoms with Crippen LogP contribution in [0.15, 0.2) is 60.7 Å². The zero-order valence-corrected chi connectivity index (χ0v) is 16.7. The molecule has 0 saturated carbocycles. The van der Waals surface area contributed by atoms with Crippen molar-refractivity contribution < 1.29 is 19.1 Å². The molecular weight excluding hydrogens is 376 g/mol. The lowest BCUT2D eigenvalue weighted by Gasteiger charge is -2.20. The molecule has 0 radical (unpaired) electrons. The van der Waals surface area contributed by atoms with E-state index < -0.39 is 24.0 Å². The number of rotatable bonds is 9. The van der Waals surface area contributed by atoms with Crippen molar-refractivity contribution >= 4 is 35.2 Å². The zero-order chi connectivity index (χ0) is 20.4. The van der Waals surface area contributed by atoms with Gasteiger partial charge in [0.25, 0.3) is 11.8 Å². The summed E-state index contributed by atoms with van der Waals surface area (Å²) < 4.78 is 5.31. The van der Waals surface area contributed by atoms with Gasteiger partial charge in [-0.2, -0.15) is 11.8 Å². The molecule has 2 aromatic rings. The fourth-order valence-corrected chi connectivity index (χ4v) is 2.86. The molecule has 28 heavy (non-hydrogen) atoms. The summed E-state index contributed by atoms with van der Waals surface area (Å²) in [4.78, 5) is 37.2. The van der Waals surface area contributed by atoms with E-state index in [4.69, 9.17) is 4.74 Å². The van der Waals surface area contributed by atoms with Crippen molar-refractivity contribution in [2.45, 2.75) is 25.5 Å². The summed E-state index contributed by atoms with van der Waals surface area (Å²) in [6, 6.07) is 16.7. The van der Waals surface area contributed by atoms with Crippen LogP contribution in [0.2, 0.25) is 0 Å². The number of benzene rings is 2. The zero-order valence-electron chi connectivity index (χ0n) is 15.9. The third kappa shape index (κ3) is 6.74. The van der Waals surface area contributed by atoms with Crippen molar-refractivity contribution in [3.63, 3.8) is 0 Å². The van der Waals surface area contributed by atoms with Gasteiger partial charge in [0.1, 0.15) is 6.04 Å². The van der Waals surface area contributed by atoms with Gasteiger partial charge in [0.2, 0.25) is 0 Å². The summed E-state index contributed by atoms with van der Waals surface area (Å²) in [5, 5.41) is 5.39. The van der Waals surface area contributed by atoms with Gasteiger partial charge in [-0.3, -0.25) is 9.59 Å². The number of carbonyl (C=O) groups is 3. The maximum Gasteiger partial charge on any atom is 0.329 e. The molecule has 0 unspecified atom stereocenters. The summed E-state index contributed by atoms with van der Waals surface area (Å²) in [5.74, 6) is -0.754. The molecule has 2 amide bonds. The van der Waals surface area contributed by atoms with Crippen molar-refractivity contribution in [1.82, 2.24) is 5.32 Å². The SMILES string of the molecule is CSCC[C@@H](NC(=O)c1ccccc1)C(=O)O[C@@H](C)C(=O)Nc1ccccc1. The Morgan fingerprint density at radius 3 is 2.21 bits per heavy atom.